The topological polar surface area (TPSA) is 416 Å². The highest BCUT2D eigenvalue weighted by atomic mass is 16.8. The van der Waals surface area contributed by atoms with Crippen molar-refractivity contribution in [3.63, 3.8) is 0 Å². The van der Waals surface area contributed by atoms with E-state index in [9.17, 15) is 81.7 Å². The summed E-state index contributed by atoms with van der Waals surface area (Å²) < 4.78 is 61.0. The lowest BCUT2D eigenvalue weighted by Gasteiger charge is -2.71. The van der Waals surface area contributed by atoms with Crippen LogP contribution in [0.4, 0.5) is 0 Å². The number of aliphatic hydroxyl groups excluding tert-OH is 16. The number of rotatable bonds is 19. The normalized spacial score (nSPS) is 52.4. The summed E-state index contributed by atoms with van der Waals surface area (Å²) in [5.74, 6) is -0.546. The number of ether oxygens (including phenoxy) is 10. The summed E-state index contributed by atoms with van der Waals surface area (Å²) in [4.78, 5) is 0. The molecule has 33 atom stereocenters. The Hall–Kier alpha value is -1.30. The quantitative estimate of drug-likeness (QED) is 0.0355. The average molecular weight is 1230 g/mol. The molecule has 0 radical (unpaired) electrons. The molecule has 4 saturated carbocycles. The molecule has 0 spiro atoms. The molecule has 9 aliphatic rings. The van der Waals surface area contributed by atoms with E-state index in [1.807, 2.05) is 20.8 Å². The molecule has 0 aromatic carbocycles. The van der Waals surface area contributed by atoms with E-state index in [1.54, 1.807) is 0 Å². The Morgan fingerprint density at radius 2 is 1.07 bits per heavy atom. The Bertz CT molecular complexity index is 2230. The zero-order chi connectivity index (χ0) is 62.2. The van der Waals surface area contributed by atoms with Crippen LogP contribution < -0.4 is 0 Å². The van der Waals surface area contributed by atoms with Crippen molar-refractivity contribution >= 4 is 0 Å². The molecule has 5 saturated heterocycles. The fourth-order valence-corrected chi connectivity index (χ4v) is 17.4. The third-order valence-electron chi connectivity index (χ3n) is 22.5. The van der Waals surface area contributed by atoms with Gasteiger partial charge < -0.3 is 129 Å². The van der Waals surface area contributed by atoms with E-state index < -0.39 is 203 Å². The van der Waals surface area contributed by atoms with Crippen LogP contribution in [0.2, 0.25) is 0 Å². The van der Waals surface area contributed by atoms with Crippen molar-refractivity contribution in [3.8, 4) is 0 Å². The maximum absolute atomic E-state index is 13.0. The van der Waals surface area contributed by atoms with E-state index in [2.05, 4.69) is 40.7 Å². The fourth-order valence-electron chi connectivity index (χ4n) is 17.4. The molecule has 16 N–H and O–H groups in total. The van der Waals surface area contributed by atoms with Crippen LogP contribution >= 0.6 is 0 Å². The summed E-state index contributed by atoms with van der Waals surface area (Å²) in [6.07, 6.45) is -28.8. The molecule has 9 rings (SSSR count). The van der Waals surface area contributed by atoms with Crippen molar-refractivity contribution in [2.45, 2.75) is 279 Å². The SMILES string of the molecule is CC(C)=CCCCC(C)(OC1OC(COC2OC(CO)C(O)C2OC2OCC(O)C(O)C2O)C(O)C(O)C1O)C1CCC2(C)C1C(O)CC1C3(C)CCC(OC4OC(CO)C(O)C(O)C4OC4OC(CO)C(O)C(O)C4O)C(C)(C)C3CCC12C. The van der Waals surface area contributed by atoms with Crippen molar-refractivity contribution in [3.05, 3.63) is 11.6 Å². The minimum atomic E-state index is -1.83. The van der Waals surface area contributed by atoms with E-state index in [0.29, 0.717) is 44.9 Å². The highest BCUT2D eigenvalue weighted by Gasteiger charge is 2.72. The molecule has 0 amide bonds. The van der Waals surface area contributed by atoms with Crippen LogP contribution in [-0.2, 0) is 47.4 Å². The zero-order valence-electron chi connectivity index (χ0n) is 50.2. The van der Waals surface area contributed by atoms with Gasteiger partial charge in [-0.05, 0) is 130 Å². The highest BCUT2D eigenvalue weighted by molar-refractivity contribution is 5.20. The maximum atomic E-state index is 13.0. The third kappa shape index (κ3) is 12.4. The van der Waals surface area contributed by atoms with Crippen molar-refractivity contribution in [2.75, 3.05) is 33.0 Å². The van der Waals surface area contributed by atoms with Crippen LogP contribution in [0.3, 0.4) is 0 Å². The molecule has 26 nitrogen and oxygen atoms in total. The van der Waals surface area contributed by atoms with Gasteiger partial charge in [-0.15, -0.1) is 0 Å². The van der Waals surface area contributed by atoms with Crippen LogP contribution in [0.15, 0.2) is 11.6 Å². The molecule has 492 valence electrons. The molecule has 85 heavy (non-hydrogen) atoms. The Morgan fingerprint density at radius 3 is 1.72 bits per heavy atom. The molecule has 0 aromatic heterocycles. The molecule has 0 bridgehead atoms. The zero-order valence-corrected chi connectivity index (χ0v) is 50.2. The second-order valence-electron chi connectivity index (χ2n) is 28.0. The van der Waals surface area contributed by atoms with Gasteiger partial charge in [0.2, 0.25) is 0 Å². The lowest BCUT2D eigenvalue weighted by Crippen LogP contribution is -2.68. The van der Waals surface area contributed by atoms with Gasteiger partial charge in [-0.2, -0.15) is 0 Å². The number of allylic oxidation sites excluding steroid dienone is 2. The predicted molar refractivity (Wildman–Crippen MR) is 291 cm³/mol. The molecule has 33 unspecified atom stereocenters. The Kier molecular flexibility index (Phi) is 21.1. The minimum Gasteiger partial charge on any atom is -0.394 e. The van der Waals surface area contributed by atoms with Gasteiger partial charge in [0.15, 0.2) is 31.5 Å². The van der Waals surface area contributed by atoms with E-state index >= 15 is 0 Å². The van der Waals surface area contributed by atoms with Gasteiger partial charge in [0, 0.05) is 0 Å². The van der Waals surface area contributed by atoms with E-state index in [0.717, 1.165) is 24.8 Å². The number of hydrogen-bond donors (Lipinski definition) is 16. The van der Waals surface area contributed by atoms with Gasteiger partial charge in [-0.1, -0.05) is 46.3 Å². The number of aliphatic hydroxyl groups is 16. The van der Waals surface area contributed by atoms with Crippen LogP contribution in [0, 0.1) is 45.3 Å². The standard InChI is InChI=1S/C59H100O26/c1-25(2)11-9-10-15-59(8,85-52-47(75)43(71)40(68)32(81-52)24-77-53-48(41(69)31(22-62)79-53)83-50-45(73)37(65)28(64)23-76-50)26-12-17-58(7)36(26)27(63)19-34-56(5)16-14-35(55(3,4)33(56)13-18-57(34,58)6)82-54-49(44(72)39(67)30(21-61)80-54)84-51-46(74)42(70)38(66)29(20-60)78-51/h11,26-54,60-75H,9-10,12-24H2,1-8H3. The molecule has 5 heterocycles. The molecule has 4 aliphatic carbocycles. The summed E-state index contributed by atoms with van der Waals surface area (Å²) >= 11 is 0. The minimum absolute atomic E-state index is 0.0195. The molecular weight excluding hydrogens is 1120 g/mol. The Morgan fingerprint density at radius 1 is 0.529 bits per heavy atom. The van der Waals surface area contributed by atoms with Crippen molar-refractivity contribution in [1.29, 1.82) is 0 Å². The molecule has 0 aromatic rings. The Labute approximate surface area is 496 Å². The first-order valence-corrected chi connectivity index (χ1v) is 30.7. The summed E-state index contributed by atoms with van der Waals surface area (Å²) in [6, 6.07) is 0. The first-order chi connectivity index (χ1) is 39.9. The van der Waals surface area contributed by atoms with Crippen LogP contribution in [0.5, 0.6) is 0 Å². The summed E-state index contributed by atoms with van der Waals surface area (Å²) in [5, 5.41) is 174. The van der Waals surface area contributed by atoms with Crippen molar-refractivity contribution < 1.29 is 129 Å². The lowest BCUT2D eigenvalue weighted by atomic mass is 9.35. The molecule has 26 heteroatoms. The third-order valence-corrected chi connectivity index (χ3v) is 22.5. The number of unbranched alkanes of at least 4 members (excludes halogenated alkanes) is 1. The van der Waals surface area contributed by atoms with Crippen LogP contribution in [-0.4, -0.2) is 274 Å². The lowest BCUT2D eigenvalue weighted by molar-refractivity contribution is -0.378. The first-order valence-electron chi connectivity index (χ1n) is 30.7. The van der Waals surface area contributed by atoms with Crippen molar-refractivity contribution in [2.24, 2.45) is 45.3 Å². The highest BCUT2D eigenvalue weighted by Crippen LogP contribution is 2.76. The number of fused-ring (bicyclic) bond motifs is 5. The van der Waals surface area contributed by atoms with Crippen LogP contribution in [0.1, 0.15) is 120 Å². The predicted octanol–water partition coefficient (Wildman–Crippen LogP) is -2.71. The second-order valence-corrected chi connectivity index (χ2v) is 28.0. The van der Waals surface area contributed by atoms with E-state index in [1.165, 1.54) is 0 Å². The largest absolute Gasteiger partial charge is 0.394 e. The Balaban J connectivity index is 0.922. The van der Waals surface area contributed by atoms with Gasteiger partial charge >= 0.3 is 0 Å². The smallest absolute Gasteiger partial charge is 0.187 e. The summed E-state index contributed by atoms with van der Waals surface area (Å²) in [6.45, 7) is 14.2. The van der Waals surface area contributed by atoms with Gasteiger partial charge in [-0.25, -0.2) is 0 Å². The van der Waals surface area contributed by atoms with Crippen molar-refractivity contribution in [1.82, 2.24) is 0 Å². The molecular formula is C59H100O26. The van der Waals surface area contributed by atoms with Gasteiger partial charge in [0.05, 0.1) is 50.8 Å². The monoisotopic (exact) mass is 1220 g/mol. The number of hydrogen-bond acceptors (Lipinski definition) is 26. The van der Waals surface area contributed by atoms with Gasteiger partial charge in [-0.3, -0.25) is 0 Å². The second kappa shape index (κ2) is 26.4. The first kappa shape index (κ1) is 68.1. The average Bonchev–Trinajstić information content (AvgIpc) is 1.72. The van der Waals surface area contributed by atoms with Crippen LogP contribution in [0.25, 0.3) is 0 Å². The van der Waals surface area contributed by atoms with E-state index in [4.69, 9.17) is 47.4 Å². The van der Waals surface area contributed by atoms with E-state index in [-0.39, 0.29) is 34.5 Å². The van der Waals surface area contributed by atoms with Gasteiger partial charge in [0.25, 0.3) is 0 Å². The molecule has 5 aliphatic heterocycles. The summed E-state index contributed by atoms with van der Waals surface area (Å²) in [7, 11) is 0. The maximum Gasteiger partial charge on any atom is 0.187 e. The van der Waals surface area contributed by atoms with Gasteiger partial charge in [0.1, 0.15) is 110 Å². The molecule has 9 fully saturated rings. The fraction of sp³-hybridized carbons (Fsp3) is 0.966. The summed E-state index contributed by atoms with van der Waals surface area (Å²) in [5.41, 5.74) is -1.64.